The topological polar surface area (TPSA) is 181 Å². The molecule has 3 fully saturated rings. The average Bonchev–Trinajstić information content (AvgIpc) is 4.23. The van der Waals surface area contributed by atoms with Crippen LogP contribution in [0.3, 0.4) is 0 Å². The minimum absolute atomic E-state index is 0.00813. The molecule has 2 aromatic carbocycles. The molecule has 6 aliphatic carbocycles. The number of hydrogen-bond acceptors (Lipinski definition) is 10. The second-order valence-electron chi connectivity index (χ2n) is 24.0. The quantitative estimate of drug-likeness (QED) is 0.0247. The number of anilines is 1. The van der Waals surface area contributed by atoms with Gasteiger partial charge in [0.1, 0.15) is 5.75 Å². The SMILES string of the molecule is CC#Cc1ccc(-c2ccc(C(=O)[C@@H]3CC[C@@]45C=C[C@@H]6[C@@H]([C@@H]7C#Cc8c(cc(O)c9c8N[C@H](C=C9)[C@](C)(O)Cc8cccc9c8[C@@H](c8cnc[nH]8)CC[C@@H]97)C[C@@H]4NC(N)=NC)[C@@]4(CC[C@@H](CNC)[C@@H]4CO)C[C@@]63C5)s2)s1. The zero-order valence-corrected chi connectivity index (χ0v) is 45.5. The summed E-state index contributed by atoms with van der Waals surface area (Å²) in [6.45, 7) is 4.64. The van der Waals surface area contributed by atoms with Gasteiger partial charge in [-0.3, -0.25) is 9.79 Å². The highest BCUT2D eigenvalue weighted by Gasteiger charge is 2.73. The number of rotatable bonds is 8. The number of imidazole rings is 1. The third kappa shape index (κ3) is 7.57. The van der Waals surface area contributed by atoms with Gasteiger partial charge in [-0.25, -0.2) is 4.98 Å². The van der Waals surface area contributed by atoms with E-state index < -0.39 is 22.5 Å². The molecule has 0 saturated heterocycles. The molecule has 9 N–H and O–H groups in total. The zero-order chi connectivity index (χ0) is 52.3. The van der Waals surface area contributed by atoms with E-state index in [2.05, 4.69) is 109 Å². The van der Waals surface area contributed by atoms with Crippen LogP contribution in [-0.2, 0) is 12.8 Å². The fourth-order valence-corrected chi connectivity index (χ4v) is 19.4. The first-order valence-electron chi connectivity index (χ1n) is 27.6. The summed E-state index contributed by atoms with van der Waals surface area (Å²) in [6, 6.07) is 16.2. The predicted octanol–water partition coefficient (Wildman–Crippen LogP) is 9.61. The molecule has 8 aliphatic rings. The molecule has 3 spiro atoms. The Labute approximate surface area is 454 Å². The van der Waals surface area contributed by atoms with E-state index in [-0.39, 0.29) is 76.9 Å². The van der Waals surface area contributed by atoms with Crippen molar-refractivity contribution in [1.82, 2.24) is 20.6 Å². The van der Waals surface area contributed by atoms with Gasteiger partial charge in [-0.2, -0.15) is 0 Å². The number of aliphatic hydroxyl groups is 2. The van der Waals surface area contributed by atoms with Gasteiger partial charge in [0.2, 0.25) is 0 Å². The van der Waals surface area contributed by atoms with Crippen LogP contribution in [0.15, 0.2) is 84.3 Å². The number of nitrogens with one attached hydrogen (secondary N) is 4. The van der Waals surface area contributed by atoms with Crippen molar-refractivity contribution in [1.29, 1.82) is 0 Å². The summed E-state index contributed by atoms with van der Waals surface area (Å²) < 4.78 is 0. The van der Waals surface area contributed by atoms with Crippen LogP contribution in [0.4, 0.5) is 5.69 Å². The van der Waals surface area contributed by atoms with Crippen molar-refractivity contribution in [3.8, 4) is 39.2 Å². The van der Waals surface area contributed by atoms with Crippen LogP contribution >= 0.6 is 22.7 Å². The van der Waals surface area contributed by atoms with Crippen molar-refractivity contribution in [2.45, 2.75) is 108 Å². The molecule has 5 heterocycles. The molecule has 392 valence electrons. The molecular weight excluding hydrogens is 983 g/mol. The first-order valence-corrected chi connectivity index (χ1v) is 29.3. The maximum atomic E-state index is 16.1. The van der Waals surface area contributed by atoms with E-state index in [1.165, 1.54) is 11.1 Å². The number of ketones is 1. The van der Waals surface area contributed by atoms with Gasteiger partial charge >= 0.3 is 0 Å². The monoisotopic (exact) mass is 1050 g/mol. The number of aliphatic hydroxyl groups excluding tert-OH is 1. The maximum Gasteiger partial charge on any atom is 0.188 e. The first-order chi connectivity index (χ1) is 36.8. The lowest BCUT2D eigenvalue weighted by molar-refractivity contribution is -0.0224. The number of aliphatic imine (C=N–C) groups is 1. The number of carbonyl (C=O) groups excluding carboxylic acids is 1. The van der Waals surface area contributed by atoms with Crippen LogP contribution in [0.1, 0.15) is 131 Å². The van der Waals surface area contributed by atoms with Crippen molar-refractivity contribution >= 4 is 46.2 Å². The number of phenolic OH excluding ortho intramolecular Hbond substituents is 1. The van der Waals surface area contributed by atoms with Crippen LogP contribution in [0.25, 0.3) is 15.8 Å². The maximum absolute atomic E-state index is 16.1. The molecule has 0 radical (unpaired) electrons. The van der Waals surface area contributed by atoms with Crippen LogP contribution in [0, 0.1) is 75.4 Å². The van der Waals surface area contributed by atoms with Crippen LogP contribution in [0.5, 0.6) is 5.75 Å². The van der Waals surface area contributed by atoms with Gasteiger partial charge in [-0.15, -0.1) is 28.6 Å². The number of H-pyrrole nitrogens is 1. The van der Waals surface area contributed by atoms with Gasteiger partial charge in [0.05, 0.1) is 39.0 Å². The fraction of sp³-hybridized carbons (Fsp3) is 0.476. The summed E-state index contributed by atoms with van der Waals surface area (Å²) in [5.74, 6) is 14.8. The molecule has 5 aromatic rings. The predicted molar refractivity (Wildman–Crippen MR) is 303 cm³/mol. The van der Waals surface area contributed by atoms with Crippen LogP contribution in [0.2, 0.25) is 0 Å². The molecule has 3 aromatic heterocycles. The summed E-state index contributed by atoms with van der Waals surface area (Å²) in [6.07, 6.45) is 20.3. The lowest BCUT2D eigenvalue weighted by atomic mass is 9.47. The summed E-state index contributed by atoms with van der Waals surface area (Å²) in [5, 5.41) is 48.3. The Morgan fingerprint density at radius 3 is 2.70 bits per heavy atom. The van der Waals surface area contributed by atoms with Crippen molar-refractivity contribution in [2.24, 2.45) is 62.5 Å². The number of guanidine groups is 1. The molecule has 2 aliphatic heterocycles. The molecular formula is C63H69N7O4S2. The van der Waals surface area contributed by atoms with Gasteiger partial charge in [-0.1, -0.05) is 60.3 Å². The van der Waals surface area contributed by atoms with Gasteiger partial charge in [0, 0.05) is 76.5 Å². The van der Waals surface area contributed by atoms with Crippen molar-refractivity contribution in [3.05, 3.63) is 128 Å². The molecule has 14 atom stereocenters. The fourth-order valence-electron chi connectivity index (χ4n) is 17.4. The zero-order valence-electron chi connectivity index (χ0n) is 43.9. The van der Waals surface area contributed by atoms with E-state index in [0.717, 1.165) is 99.1 Å². The Bertz CT molecular complexity index is 3360. The number of allylic oxidation sites excluding steroid dienone is 1. The Balaban J connectivity index is 1.08. The molecule has 13 rings (SSSR count). The number of aromatic nitrogens is 2. The van der Waals surface area contributed by atoms with Crippen LogP contribution in [-0.4, -0.2) is 82.0 Å². The molecule has 13 heteroatoms. The smallest absolute Gasteiger partial charge is 0.188 e. The first kappa shape index (κ1) is 49.6. The number of nitrogens with zero attached hydrogens (tertiary/aromatic N) is 2. The second kappa shape index (κ2) is 18.6. The Hall–Kier alpha value is -5.93. The number of aromatic hydroxyl groups is 1. The normalized spacial score (nSPS) is 35.2. The lowest BCUT2D eigenvalue weighted by Gasteiger charge is -2.58. The summed E-state index contributed by atoms with van der Waals surface area (Å²) in [5.41, 5.74) is 12.0. The second-order valence-corrected chi connectivity index (χ2v) is 26.1. The number of phenols is 1. The Morgan fingerprint density at radius 2 is 1.89 bits per heavy atom. The minimum atomic E-state index is -1.25. The Morgan fingerprint density at radius 1 is 1.04 bits per heavy atom. The van der Waals surface area contributed by atoms with Gasteiger partial charge in [0.25, 0.3) is 0 Å². The third-order valence-electron chi connectivity index (χ3n) is 20.4. The minimum Gasteiger partial charge on any atom is -0.507 e. The van der Waals surface area contributed by atoms with Crippen molar-refractivity contribution in [2.75, 3.05) is 32.6 Å². The van der Waals surface area contributed by atoms with E-state index in [1.807, 2.05) is 45.3 Å². The standard InChI is InChI=1S/C63H69N7O4S2/c1-5-7-38-10-16-50(75-38)51-17-18-52(76-51)58(73)46-22-24-61-23-21-45-56(62(33-63(45,46)32-61)25-20-36(29-65-3)47(62)31-71)42-13-11-39-37(27-54(61)70-59(64)66-4)26-49(72)44-15-19-53(69-57(39)44)60(2,74)28-35-8-6-9-41-40(42)12-14-43(55(35)41)48-30-67-34-68-48/h6,8-10,15-19,21,23,26,30,34,36,40,42-43,45-47,53-54,56,65,69,71-72,74H,12,14,20,22,24-25,27-29,31-33H2,1-4H3,(H,67,68)(H3,64,66,70)/t36-,40-,42+,43+,45+,46-,47-,53+,54-,56+,60+,61+,62-,63-/m0/s1. The molecule has 11 nitrogen and oxygen atoms in total. The highest BCUT2D eigenvalue weighted by Crippen LogP contribution is 2.77. The number of aromatic amines is 1. The number of benzene rings is 2. The summed E-state index contributed by atoms with van der Waals surface area (Å²) >= 11 is 3.28. The van der Waals surface area contributed by atoms with Gasteiger partial charge in [-0.05, 0) is 178 Å². The highest BCUT2D eigenvalue weighted by molar-refractivity contribution is 7.23. The van der Waals surface area contributed by atoms with E-state index in [1.54, 1.807) is 36.0 Å². The molecule has 0 unspecified atom stereocenters. The number of hydrogen-bond donors (Lipinski definition) is 8. The molecule has 11 bridgehead atoms. The van der Waals surface area contributed by atoms with E-state index in [9.17, 15) is 15.3 Å². The molecule has 0 amide bonds. The highest BCUT2D eigenvalue weighted by atomic mass is 32.1. The van der Waals surface area contributed by atoms with E-state index >= 15 is 4.79 Å². The number of carbonyl (C=O) groups is 1. The third-order valence-corrected chi connectivity index (χ3v) is 22.7. The lowest BCUT2D eigenvalue weighted by Crippen LogP contribution is -2.59. The van der Waals surface area contributed by atoms with E-state index in [0.29, 0.717) is 30.8 Å². The van der Waals surface area contributed by atoms with Crippen molar-refractivity contribution < 1.29 is 20.1 Å². The Kier molecular flexibility index (Phi) is 12.2. The van der Waals surface area contributed by atoms with Gasteiger partial charge in [0.15, 0.2) is 11.7 Å². The number of nitrogens with two attached hydrogens (primary N) is 1. The number of thiophene rings is 2. The van der Waals surface area contributed by atoms with Crippen molar-refractivity contribution in [3.63, 3.8) is 0 Å². The summed E-state index contributed by atoms with van der Waals surface area (Å²) in [7, 11) is 3.74. The largest absolute Gasteiger partial charge is 0.507 e. The number of fused-ring (bicyclic) bond motifs is 5. The summed E-state index contributed by atoms with van der Waals surface area (Å²) in [4.78, 5) is 32.7. The molecule has 3 saturated carbocycles. The average molecular weight is 1050 g/mol. The molecule has 76 heavy (non-hydrogen) atoms. The number of Topliss-reactive ketones (excluding diaryl/α,β-unsaturated/α-hetero) is 1. The van der Waals surface area contributed by atoms with Crippen LogP contribution < -0.4 is 21.7 Å². The van der Waals surface area contributed by atoms with E-state index in [4.69, 9.17) is 5.73 Å². The van der Waals surface area contributed by atoms with Gasteiger partial charge < -0.3 is 42.0 Å².